The lowest BCUT2D eigenvalue weighted by molar-refractivity contribution is 0.0705. The van der Waals surface area contributed by atoms with Crippen molar-refractivity contribution in [2.24, 2.45) is 0 Å². The lowest BCUT2D eigenvalue weighted by Gasteiger charge is -2.21. The Hall–Kier alpha value is -2.38. The summed E-state index contributed by atoms with van der Waals surface area (Å²) in [7, 11) is 3.27. The average molecular weight is 412 g/mol. The summed E-state index contributed by atoms with van der Waals surface area (Å²) in [4.78, 5) is 26.1. The smallest absolute Gasteiger partial charge is 0.194 e. The number of fused-ring (bicyclic) bond motifs is 2. The van der Waals surface area contributed by atoms with Gasteiger partial charge in [-0.15, -0.1) is 0 Å². The van der Waals surface area contributed by atoms with Crippen LogP contribution in [-0.4, -0.2) is 65.4 Å². The van der Waals surface area contributed by atoms with Crippen LogP contribution in [0.3, 0.4) is 0 Å². The first kappa shape index (κ1) is 22.3. The van der Waals surface area contributed by atoms with E-state index in [0.29, 0.717) is 74.7 Å². The van der Waals surface area contributed by atoms with Crippen molar-refractivity contribution < 1.29 is 28.5 Å². The first-order valence-corrected chi connectivity index (χ1v) is 10.1. The first-order chi connectivity index (χ1) is 14.7. The Bertz CT molecular complexity index is 817. The van der Waals surface area contributed by atoms with E-state index in [1.807, 2.05) is 12.1 Å². The van der Waals surface area contributed by atoms with Crippen LogP contribution < -0.4 is 0 Å². The molecule has 0 saturated heterocycles. The molecule has 0 unspecified atom stereocenters. The van der Waals surface area contributed by atoms with Gasteiger partial charge in [0.1, 0.15) is 0 Å². The molecule has 0 saturated carbocycles. The monoisotopic (exact) mass is 412 g/mol. The molecular formula is C24H28O6. The third-order valence-electron chi connectivity index (χ3n) is 5.14. The molecule has 6 nitrogen and oxygen atoms in total. The van der Waals surface area contributed by atoms with Gasteiger partial charge in [-0.3, -0.25) is 9.59 Å². The number of hydrogen-bond donors (Lipinski definition) is 0. The molecule has 0 radical (unpaired) electrons. The van der Waals surface area contributed by atoms with Crippen molar-refractivity contribution in [3.63, 3.8) is 0 Å². The fraction of sp³-hybridized carbons (Fsp3) is 0.417. The zero-order chi connectivity index (χ0) is 21.3. The number of methoxy groups -OCH3 is 2. The standard InChI is InChI=1S/C24H28O6/c1-27-11-13-29-9-7-17-15-21-22(16-18(17)8-10-30-14-12-28-2)24(26)20-6-4-3-5-19(20)23(21)25/h3-6,15-16H,7-14H2,1-2H3. The molecule has 0 bridgehead atoms. The maximum Gasteiger partial charge on any atom is 0.194 e. The van der Waals surface area contributed by atoms with Gasteiger partial charge in [-0.05, 0) is 36.1 Å². The minimum atomic E-state index is -0.107. The number of rotatable bonds is 12. The van der Waals surface area contributed by atoms with Gasteiger partial charge < -0.3 is 18.9 Å². The third-order valence-corrected chi connectivity index (χ3v) is 5.14. The van der Waals surface area contributed by atoms with Crippen LogP contribution in [0.1, 0.15) is 43.0 Å². The van der Waals surface area contributed by atoms with Crippen molar-refractivity contribution in [2.75, 3.05) is 53.9 Å². The Kier molecular flexibility index (Phi) is 8.28. The number of carbonyl (C=O) groups excluding carboxylic acids is 2. The van der Waals surface area contributed by atoms with Crippen LogP contribution in [0.15, 0.2) is 36.4 Å². The molecule has 0 heterocycles. The van der Waals surface area contributed by atoms with Crippen LogP contribution in [0.4, 0.5) is 0 Å². The van der Waals surface area contributed by atoms with Crippen LogP contribution in [-0.2, 0) is 31.8 Å². The van der Waals surface area contributed by atoms with Crippen molar-refractivity contribution in [2.45, 2.75) is 12.8 Å². The zero-order valence-electron chi connectivity index (χ0n) is 17.6. The van der Waals surface area contributed by atoms with E-state index in [9.17, 15) is 9.59 Å². The molecular weight excluding hydrogens is 384 g/mol. The Morgan fingerprint density at radius 1 is 0.600 bits per heavy atom. The van der Waals surface area contributed by atoms with E-state index < -0.39 is 0 Å². The number of hydrogen-bond acceptors (Lipinski definition) is 6. The Balaban J connectivity index is 1.84. The molecule has 0 N–H and O–H groups in total. The second-order valence-electron chi connectivity index (χ2n) is 7.08. The molecule has 2 aromatic rings. The van der Waals surface area contributed by atoms with Gasteiger partial charge in [-0.25, -0.2) is 0 Å². The van der Waals surface area contributed by atoms with Gasteiger partial charge in [-0.2, -0.15) is 0 Å². The summed E-state index contributed by atoms with van der Waals surface area (Å²) in [5, 5.41) is 0. The van der Waals surface area contributed by atoms with Gasteiger partial charge in [0.25, 0.3) is 0 Å². The molecule has 0 aromatic heterocycles. The SMILES string of the molecule is COCCOCCc1cc2c(cc1CCOCCOC)C(=O)c1ccccc1C2=O. The van der Waals surface area contributed by atoms with Gasteiger partial charge in [-0.1, -0.05) is 24.3 Å². The predicted molar refractivity (Wildman–Crippen MR) is 113 cm³/mol. The van der Waals surface area contributed by atoms with Crippen molar-refractivity contribution in [3.8, 4) is 0 Å². The lowest BCUT2D eigenvalue weighted by atomic mass is 9.81. The molecule has 1 aliphatic rings. The highest BCUT2D eigenvalue weighted by atomic mass is 16.5. The van der Waals surface area contributed by atoms with E-state index in [1.54, 1.807) is 38.5 Å². The van der Waals surface area contributed by atoms with Crippen LogP contribution >= 0.6 is 0 Å². The number of benzene rings is 2. The van der Waals surface area contributed by atoms with Gasteiger partial charge in [0.2, 0.25) is 0 Å². The number of ketones is 2. The number of ether oxygens (including phenoxy) is 4. The van der Waals surface area contributed by atoms with E-state index in [2.05, 4.69) is 0 Å². The highest BCUT2D eigenvalue weighted by Crippen LogP contribution is 2.30. The van der Waals surface area contributed by atoms with Crippen LogP contribution in [0.5, 0.6) is 0 Å². The molecule has 6 heteroatoms. The van der Waals surface area contributed by atoms with Gasteiger partial charge in [0.15, 0.2) is 11.6 Å². The fourth-order valence-corrected chi connectivity index (χ4v) is 3.55. The van der Waals surface area contributed by atoms with Gasteiger partial charge in [0, 0.05) is 36.5 Å². The molecule has 2 aromatic carbocycles. The van der Waals surface area contributed by atoms with Crippen molar-refractivity contribution in [1.29, 1.82) is 0 Å². The Morgan fingerprint density at radius 2 is 1.03 bits per heavy atom. The van der Waals surface area contributed by atoms with E-state index in [0.717, 1.165) is 11.1 Å². The summed E-state index contributed by atoms with van der Waals surface area (Å²) in [6.07, 6.45) is 1.29. The first-order valence-electron chi connectivity index (χ1n) is 10.1. The maximum absolute atomic E-state index is 13.0. The molecule has 0 atom stereocenters. The second-order valence-corrected chi connectivity index (χ2v) is 7.08. The molecule has 30 heavy (non-hydrogen) atoms. The van der Waals surface area contributed by atoms with Crippen LogP contribution in [0.25, 0.3) is 0 Å². The average Bonchev–Trinajstić information content (AvgIpc) is 2.77. The molecule has 1 aliphatic carbocycles. The van der Waals surface area contributed by atoms with Crippen LogP contribution in [0.2, 0.25) is 0 Å². The topological polar surface area (TPSA) is 71.1 Å². The predicted octanol–water partition coefficient (Wildman–Crippen LogP) is 2.87. The molecule has 3 rings (SSSR count). The largest absolute Gasteiger partial charge is 0.382 e. The summed E-state index contributed by atoms with van der Waals surface area (Å²) >= 11 is 0. The molecule has 160 valence electrons. The van der Waals surface area contributed by atoms with Crippen molar-refractivity contribution in [1.82, 2.24) is 0 Å². The van der Waals surface area contributed by atoms with Crippen LogP contribution in [0, 0.1) is 0 Å². The van der Waals surface area contributed by atoms with E-state index in [4.69, 9.17) is 18.9 Å². The molecule has 0 aliphatic heterocycles. The quantitative estimate of drug-likeness (QED) is 0.426. The summed E-state index contributed by atoms with van der Waals surface area (Å²) in [5.41, 5.74) is 3.87. The zero-order valence-corrected chi connectivity index (χ0v) is 17.6. The lowest BCUT2D eigenvalue weighted by Crippen LogP contribution is -2.22. The van der Waals surface area contributed by atoms with Gasteiger partial charge in [0.05, 0.1) is 39.6 Å². The van der Waals surface area contributed by atoms with E-state index in [-0.39, 0.29) is 11.6 Å². The fourth-order valence-electron chi connectivity index (χ4n) is 3.55. The van der Waals surface area contributed by atoms with Gasteiger partial charge >= 0.3 is 0 Å². The second kappa shape index (κ2) is 11.1. The summed E-state index contributed by atoms with van der Waals surface area (Å²) < 4.78 is 21.2. The van der Waals surface area contributed by atoms with E-state index >= 15 is 0 Å². The highest BCUT2D eigenvalue weighted by Gasteiger charge is 2.30. The molecule has 0 spiro atoms. The molecule has 0 amide bonds. The summed E-state index contributed by atoms with van der Waals surface area (Å²) in [6.45, 7) is 3.13. The van der Waals surface area contributed by atoms with E-state index in [1.165, 1.54) is 0 Å². The summed E-state index contributed by atoms with van der Waals surface area (Å²) in [6, 6.07) is 10.7. The molecule has 0 fully saturated rings. The Morgan fingerprint density at radius 3 is 1.43 bits per heavy atom. The van der Waals surface area contributed by atoms with Crippen molar-refractivity contribution >= 4 is 11.6 Å². The Labute approximate surface area is 177 Å². The minimum absolute atomic E-state index is 0.107. The highest BCUT2D eigenvalue weighted by molar-refractivity contribution is 6.28. The number of carbonyl (C=O) groups is 2. The third kappa shape index (κ3) is 5.21. The minimum Gasteiger partial charge on any atom is -0.382 e. The maximum atomic E-state index is 13.0. The normalized spacial score (nSPS) is 12.7. The van der Waals surface area contributed by atoms with Crippen molar-refractivity contribution in [3.05, 3.63) is 69.8 Å². The summed E-state index contributed by atoms with van der Waals surface area (Å²) in [5.74, 6) is -0.214.